The Kier molecular flexibility index (Phi) is 7.60. The van der Waals surface area contributed by atoms with Gasteiger partial charge in [-0.2, -0.15) is 0 Å². The van der Waals surface area contributed by atoms with Crippen LogP contribution in [0, 0.1) is 6.92 Å². The van der Waals surface area contributed by atoms with Crippen molar-refractivity contribution in [1.29, 1.82) is 0 Å². The fraction of sp³-hybridized carbons (Fsp3) is 0.348. The van der Waals surface area contributed by atoms with Crippen molar-refractivity contribution in [3.63, 3.8) is 0 Å². The minimum atomic E-state index is -0.330. The van der Waals surface area contributed by atoms with E-state index in [0.717, 1.165) is 5.56 Å². The highest BCUT2D eigenvalue weighted by Crippen LogP contribution is 2.29. The van der Waals surface area contributed by atoms with Gasteiger partial charge in [0, 0.05) is 32.3 Å². The van der Waals surface area contributed by atoms with Crippen LogP contribution in [0.25, 0.3) is 10.9 Å². The molecule has 1 aromatic carbocycles. The van der Waals surface area contributed by atoms with Crippen LogP contribution in [-0.2, 0) is 16.1 Å². The lowest BCUT2D eigenvalue weighted by Crippen LogP contribution is -2.35. The van der Waals surface area contributed by atoms with Crippen LogP contribution >= 0.6 is 0 Å². The number of nitrogens with zero attached hydrogens (tertiary/aromatic N) is 4. The number of aromatic nitrogens is 3. The van der Waals surface area contributed by atoms with E-state index in [1.165, 1.54) is 30.0 Å². The zero-order valence-electron chi connectivity index (χ0n) is 19.1. The zero-order chi connectivity index (χ0) is 24.0. The van der Waals surface area contributed by atoms with Crippen LogP contribution in [0.1, 0.15) is 18.4 Å². The molecule has 0 unspecified atom stereocenters. The SMILES string of the molecule is COc1cc2ncn(CCCC(=O)N(C)CC(=O)Nc3cc(C)ccn3)c(=O)c2cc1OC. The van der Waals surface area contributed by atoms with Gasteiger partial charge in [-0.1, -0.05) is 0 Å². The summed E-state index contributed by atoms with van der Waals surface area (Å²) < 4.78 is 12.0. The van der Waals surface area contributed by atoms with Crippen molar-refractivity contribution in [3.8, 4) is 11.5 Å². The van der Waals surface area contributed by atoms with Crippen LogP contribution < -0.4 is 20.3 Å². The molecule has 0 aliphatic rings. The molecule has 33 heavy (non-hydrogen) atoms. The van der Waals surface area contributed by atoms with E-state index < -0.39 is 0 Å². The van der Waals surface area contributed by atoms with E-state index >= 15 is 0 Å². The fourth-order valence-electron chi connectivity index (χ4n) is 3.33. The van der Waals surface area contributed by atoms with Gasteiger partial charge in [-0.15, -0.1) is 0 Å². The van der Waals surface area contributed by atoms with Crippen molar-refractivity contribution in [2.45, 2.75) is 26.3 Å². The highest BCUT2D eigenvalue weighted by molar-refractivity contribution is 5.93. The van der Waals surface area contributed by atoms with Gasteiger partial charge in [-0.3, -0.25) is 19.0 Å². The molecule has 3 aromatic rings. The number of carbonyl (C=O) groups excluding carboxylic acids is 2. The second kappa shape index (κ2) is 10.6. The van der Waals surface area contributed by atoms with Crippen LogP contribution in [0.15, 0.2) is 41.6 Å². The summed E-state index contributed by atoms with van der Waals surface area (Å²) in [4.78, 5) is 47.2. The second-order valence-electron chi connectivity index (χ2n) is 7.59. The first-order chi connectivity index (χ1) is 15.8. The smallest absolute Gasteiger partial charge is 0.261 e. The maximum atomic E-state index is 12.8. The lowest BCUT2D eigenvalue weighted by Gasteiger charge is -2.17. The molecule has 0 atom stereocenters. The Balaban J connectivity index is 1.56. The summed E-state index contributed by atoms with van der Waals surface area (Å²) in [6, 6.07) is 6.83. The molecule has 10 heteroatoms. The van der Waals surface area contributed by atoms with Crippen molar-refractivity contribution in [2.24, 2.45) is 0 Å². The molecular formula is C23H27N5O5. The Morgan fingerprint density at radius 3 is 2.55 bits per heavy atom. The van der Waals surface area contributed by atoms with Crippen molar-refractivity contribution in [1.82, 2.24) is 19.4 Å². The third-order valence-corrected chi connectivity index (χ3v) is 5.11. The maximum Gasteiger partial charge on any atom is 0.261 e. The number of likely N-dealkylation sites (N-methyl/N-ethyl adjacent to an activating group) is 1. The summed E-state index contributed by atoms with van der Waals surface area (Å²) in [5.74, 6) is 0.847. The molecule has 3 rings (SSSR count). The van der Waals surface area contributed by atoms with E-state index in [9.17, 15) is 14.4 Å². The number of ether oxygens (including phenoxy) is 2. The van der Waals surface area contributed by atoms with E-state index in [0.29, 0.717) is 41.2 Å². The molecule has 2 aromatic heterocycles. The lowest BCUT2D eigenvalue weighted by molar-refractivity contribution is -0.133. The average Bonchev–Trinajstić information content (AvgIpc) is 2.79. The summed E-state index contributed by atoms with van der Waals surface area (Å²) in [6.07, 6.45) is 3.66. The molecule has 10 nitrogen and oxygen atoms in total. The molecule has 2 amide bonds. The van der Waals surface area contributed by atoms with Crippen LogP contribution in [0.5, 0.6) is 11.5 Å². The quantitative estimate of drug-likeness (QED) is 0.527. The number of carbonyl (C=O) groups is 2. The van der Waals surface area contributed by atoms with Crippen molar-refractivity contribution in [2.75, 3.05) is 33.1 Å². The number of hydrogen-bond acceptors (Lipinski definition) is 7. The molecule has 0 radical (unpaired) electrons. The van der Waals surface area contributed by atoms with Gasteiger partial charge >= 0.3 is 0 Å². The molecular weight excluding hydrogens is 426 g/mol. The molecule has 174 valence electrons. The zero-order valence-corrected chi connectivity index (χ0v) is 19.1. The number of nitrogens with one attached hydrogen (secondary N) is 1. The molecule has 0 bridgehead atoms. The predicted octanol–water partition coefficient (Wildman–Crippen LogP) is 1.99. The van der Waals surface area contributed by atoms with Gasteiger partial charge in [0.05, 0.1) is 38.0 Å². The standard InChI is InChI=1S/C23H27N5O5/c1-15-7-8-24-20(10-15)26-21(29)13-27(2)22(30)6-5-9-28-14-25-17-12-19(33-4)18(32-3)11-16(17)23(28)31/h7-8,10-12,14H,5-6,9,13H2,1-4H3,(H,24,26,29). The Labute approximate surface area is 191 Å². The fourth-order valence-corrected chi connectivity index (χ4v) is 3.33. The van der Waals surface area contributed by atoms with Crippen molar-refractivity contribution in [3.05, 3.63) is 52.7 Å². The first-order valence-corrected chi connectivity index (χ1v) is 10.4. The predicted molar refractivity (Wildman–Crippen MR) is 124 cm³/mol. The minimum Gasteiger partial charge on any atom is -0.493 e. The van der Waals surface area contributed by atoms with E-state index in [2.05, 4.69) is 15.3 Å². The number of anilines is 1. The molecule has 0 aliphatic carbocycles. The number of fused-ring (bicyclic) bond motifs is 1. The average molecular weight is 453 g/mol. The second-order valence-corrected chi connectivity index (χ2v) is 7.59. The number of rotatable bonds is 9. The van der Waals surface area contributed by atoms with E-state index in [1.54, 1.807) is 31.4 Å². The van der Waals surface area contributed by atoms with Gasteiger partial charge in [0.15, 0.2) is 11.5 Å². The number of aryl methyl sites for hydroxylation is 2. The highest BCUT2D eigenvalue weighted by Gasteiger charge is 2.15. The van der Waals surface area contributed by atoms with Gasteiger partial charge < -0.3 is 19.7 Å². The van der Waals surface area contributed by atoms with Crippen molar-refractivity contribution < 1.29 is 19.1 Å². The molecule has 0 saturated carbocycles. The topological polar surface area (TPSA) is 116 Å². The molecule has 2 heterocycles. The van der Waals surface area contributed by atoms with Crippen LogP contribution in [0.2, 0.25) is 0 Å². The summed E-state index contributed by atoms with van der Waals surface area (Å²) in [7, 11) is 4.58. The van der Waals surface area contributed by atoms with Gasteiger partial charge in [-0.25, -0.2) is 9.97 Å². The first kappa shape index (κ1) is 23.7. The molecule has 0 saturated heterocycles. The largest absolute Gasteiger partial charge is 0.493 e. The molecule has 0 fully saturated rings. The number of pyridine rings is 1. The number of methoxy groups -OCH3 is 2. The number of benzene rings is 1. The van der Waals surface area contributed by atoms with Gasteiger partial charge in [-0.05, 0) is 37.1 Å². The monoisotopic (exact) mass is 453 g/mol. The third kappa shape index (κ3) is 5.85. The van der Waals surface area contributed by atoms with E-state index in [1.807, 2.05) is 13.0 Å². The van der Waals surface area contributed by atoms with Crippen LogP contribution in [-0.4, -0.2) is 59.1 Å². The molecule has 0 spiro atoms. The van der Waals surface area contributed by atoms with Gasteiger partial charge in [0.25, 0.3) is 5.56 Å². The Bertz CT molecular complexity index is 1220. The molecule has 1 N–H and O–H groups in total. The van der Waals surface area contributed by atoms with Crippen LogP contribution in [0.4, 0.5) is 5.82 Å². The Morgan fingerprint density at radius 2 is 1.85 bits per heavy atom. The highest BCUT2D eigenvalue weighted by atomic mass is 16.5. The summed E-state index contributed by atoms with van der Waals surface area (Å²) in [5, 5.41) is 3.08. The molecule has 0 aliphatic heterocycles. The summed E-state index contributed by atoms with van der Waals surface area (Å²) >= 11 is 0. The minimum absolute atomic E-state index is 0.0897. The van der Waals surface area contributed by atoms with E-state index in [4.69, 9.17) is 9.47 Å². The van der Waals surface area contributed by atoms with Gasteiger partial charge in [0.2, 0.25) is 11.8 Å². The Hall–Kier alpha value is -3.95. The first-order valence-electron chi connectivity index (χ1n) is 10.4. The van der Waals surface area contributed by atoms with Crippen LogP contribution in [0.3, 0.4) is 0 Å². The van der Waals surface area contributed by atoms with Gasteiger partial charge in [0.1, 0.15) is 5.82 Å². The number of amides is 2. The lowest BCUT2D eigenvalue weighted by atomic mass is 10.2. The third-order valence-electron chi connectivity index (χ3n) is 5.11. The van der Waals surface area contributed by atoms with E-state index in [-0.39, 0.29) is 30.3 Å². The Morgan fingerprint density at radius 1 is 1.12 bits per heavy atom. The summed E-state index contributed by atoms with van der Waals surface area (Å²) in [6.45, 7) is 2.12. The summed E-state index contributed by atoms with van der Waals surface area (Å²) in [5.41, 5.74) is 1.24. The normalized spacial score (nSPS) is 10.7. The number of hydrogen-bond donors (Lipinski definition) is 1. The maximum absolute atomic E-state index is 12.8. The van der Waals surface area contributed by atoms with Crippen molar-refractivity contribution >= 4 is 28.5 Å².